The van der Waals surface area contributed by atoms with Crippen molar-refractivity contribution in [2.24, 2.45) is 0 Å². The first kappa shape index (κ1) is 13.9. The van der Waals surface area contributed by atoms with Crippen molar-refractivity contribution in [1.82, 2.24) is 0 Å². The van der Waals surface area contributed by atoms with Gasteiger partial charge in [-0.15, -0.1) is 11.8 Å². The lowest BCUT2D eigenvalue weighted by atomic mass is 10.1. The van der Waals surface area contributed by atoms with E-state index in [1.165, 1.54) is 16.0 Å². The summed E-state index contributed by atoms with van der Waals surface area (Å²) in [6, 6.07) is 14.1. The molecule has 0 aliphatic heterocycles. The van der Waals surface area contributed by atoms with E-state index in [1.807, 2.05) is 31.2 Å². The third-order valence-corrected chi connectivity index (χ3v) is 4.31. The Hall–Kier alpha value is -1.54. The third kappa shape index (κ3) is 3.48. The molecule has 2 aromatic rings. The van der Waals surface area contributed by atoms with E-state index in [2.05, 4.69) is 32.0 Å². The highest BCUT2D eigenvalue weighted by Crippen LogP contribution is 2.24. The molecule has 0 radical (unpaired) electrons. The molecule has 2 rings (SSSR count). The van der Waals surface area contributed by atoms with Crippen LogP contribution in [0.1, 0.15) is 27.0 Å². The van der Waals surface area contributed by atoms with Crippen LogP contribution in [0, 0.1) is 20.8 Å². The largest absolute Gasteiger partial charge is 0.293 e. The Kier molecular flexibility index (Phi) is 4.43. The smallest absolute Gasteiger partial charge is 0.173 e. The number of carbonyl (C=O) groups excluding carboxylic acids is 1. The highest BCUT2D eigenvalue weighted by atomic mass is 32.2. The first-order chi connectivity index (χ1) is 9.08. The van der Waals surface area contributed by atoms with Gasteiger partial charge in [0.2, 0.25) is 0 Å². The molecule has 19 heavy (non-hydrogen) atoms. The highest BCUT2D eigenvalue weighted by Gasteiger charge is 2.09. The summed E-state index contributed by atoms with van der Waals surface area (Å²) in [6.45, 7) is 6.16. The van der Waals surface area contributed by atoms with Crippen LogP contribution in [0.2, 0.25) is 0 Å². The standard InChI is InChI=1S/C17H18OS/c1-12-8-9-17(14(3)10-12)19-11-16(18)15-7-5-4-6-13(15)2/h4-10H,11H2,1-3H3. The first-order valence-corrected chi connectivity index (χ1v) is 7.35. The molecular weight excluding hydrogens is 252 g/mol. The number of Topliss-reactive ketones (excluding diaryl/α,β-unsaturated/α-hetero) is 1. The number of rotatable bonds is 4. The van der Waals surface area contributed by atoms with Crippen LogP contribution in [0.5, 0.6) is 0 Å². The van der Waals surface area contributed by atoms with E-state index < -0.39 is 0 Å². The number of hydrogen-bond acceptors (Lipinski definition) is 2. The van der Waals surface area contributed by atoms with Gasteiger partial charge in [-0.1, -0.05) is 42.0 Å². The van der Waals surface area contributed by atoms with Gasteiger partial charge in [0.25, 0.3) is 0 Å². The van der Waals surface area contributed by atoms with Gasteiger partial charge in [-0.05, 0) is 38.0 Å². The molecular formula is C17H18OS. The van der Waals surface area contributed by atoms with E-state index in [9.17, 15) is 4.79 Å². The molecule has 2 aromatic carbocycles. The zero-order valence-electron chi connectivity index (χ0n) is 11.6. The molecule has 1 nitrogen and oxygen atoms in total. The van der Waals surface area contributed by atoms with Crippen LogP contribution in [0.25, 0.3) is 0 Å². The van der Waals surface area contributed by atoms with Crippen LogP contribution in [-0.2, 0) is 0 Å². The number of thioether (sulfide) groups is 1. The van der Waals surface area contributed by atoms with Crippen LogP contribution >= 0.6 is 11.8 Å². The zero-order chi connectivity index (χ0) is 13.8. The van der Waals surface area contributed by atoms with E-state index in [4.69, 9.17) is 0 Å². The van der Waals surface area contributed by atoms with Crippen LogP contribution < -0.4 is 0 Å². The summed E-state index contributed by atoms with van der Waals surface area (Å²) < 4.78 is 0. The molecule has 2 heteroatoms. The number of hydrogen-bond donors (Lipinski definition) is 0. The lowest BCUT2D eigenvalue weighted by Crippen LogP contribution is -2.04. The Morgan fingerprint density at radius 1 is 1.00 bits per heavy atom. The van der Waals surface area contributed by atoms with E-state index >= 15 is 0 Å². The molecule has 0 saturated heterocycles. The molecule has 0 amide bonds. The van der Waals surface area contributed by atoms with Crippen LogP contribution in [0.4, 0.5) is 0 Å². The molecule has 0 unspecified atom stereocenters. The molecule has 0 aliphatic carbocycles. The maximum Gasteiger partial charge on any atom is 0.173 e. The molecule has 0 N–H and O–H groups in total. The predicted molar refractivity (Wildman–Crippen MR) is 82.1 cm³/mol. The minimum atomic E-state index is 0.197. The van der Waals surface area contributed by atoms with Gasteiger partial charge in [0.1, 0.15) is 0 Å². The second kappa shape index (κ2) is 6.07. The van der Waals surface area contributed by atoms with Crippen molar-refractivity contribution >= 4 is 17.5 Å². The predicted octanol–water partition coefficient (Wildman–Crippen LogP) is 4.59. The number of ketones is 1. The molecule has 0 fully saturated rings. The monoisotopic (exact) mass is 270 g/mol. The Bertz CT molecular complexity index is 602. The Morgan fingerprint density at radius 3 is 2.42 bits per heavy atom. The average Bonchev–Trinajstić information content (AvgIpc) is 2.38. The summed E-state index contributed by atoms with van der Waals surface area (Å²) >= 11 is 1.62. The fraction of sp³-hybridized carbons (Fsp3) is 0.235. The molecule has 0 bridgehead atoms. The zero-order valence-corrected chi connectivity index (χ0v) is 12.4. The van der Waals surface area contributed by atoms with Crippen molar-refractivity contribution < 1.29 is 4.79 Å². The van der Waals surface area contributed by atoms with E-state index in [1.54, 1.807) is 11.8 Å². The van der Waals surface area contributed by atoms with Gasteiger partial charge in [0.05, 0.1) is 5.75 Å². The normalized spacial score (nSPS) is 10.5. The van der Waals surface area contributed by atoms with Gasteiger partial charge in [0, 0.05) is 10.5 Å². The number of aryl methyl sites for hydroxylation is 3. The lowest BCUT2D eigenvalue weighted by Gasteiger charge is -2.07. The quantitative estimate of drug-likeness (QED) is 0.597. The van der Waals surface area contributed by atoms with Crippen molar-refractivity contribution in [3.63, 3.8) is 0 Å². The minimum absolute atomic E-state index is 0.197. The number of benzene rings is 2. The average molecular weight is 270 g/mol. The fourth-order valence-electron chi connectivity index (χ4n) is 2.07. The highest BCUT2D eigenvalue weighted by molar-refractivity contribution is 8.00. The lowest BCUT2D eigenvalue weighted by molar-refractivity contribution is 0.102. The summed E-state index contributed by atoms with van der Waals surface area (Å²) in [5, 5.41) is 0. The van der Waals surface area contributed by atoms with Crippen LogP contribution in [-0.4, -0.2) is 11.5 Å². The molecule has 0 atom stereocenters. The van der Waals surface area contributed by atoms with E-state index in [-0.39, 0.29) is 5.78 Å². The SMILES string of the molecule is Cc1ccc(SCC(=O)c2ccccc2C)c(C)c1. The van der Waals surface area contributed by atoms with Crippen molar-refractivity contribution in [1.29, 1.82) is 0 Å². The van der Waals surface area contributed by atoms with Crippen molar-refractivity contribution in [3.05, 3.63) is 64.7 Å². The van der Waals surface area contributed by atoms with Crippen LogP contribution in [0.3, 0.4) is 0 Å². The fourth-order valence-corrected chi connectivity index (χ4v) is 2.96. The van der Waals surface area contributed by atoms with Gasteiger partial charge >= 0.3 is 0 Å². The Morgan fingerprint density at radius 2 is 1.74 bits per heavy atom. The van der Waals surface area contributed by atoms with Crippen LogP contribution in [0.15, 0.2) is 47.4 Å². The topological polar surface area (TPSA) is 17.1 Å². The second-order valence-electron chi connectivity index (χ2n) is 4.80. The van der Waals surface area contributed by atoms with Crippen molar-refractivity contribution in [2.45, 2.75) is 25.7 Å². The molecule has 98 valence electrons. The van der Waals surface area contributed by atoms with Gasteiger partial charge < -0.3 is 0 Å². The number of carbonyl (C=O) groups is 1. The maximum absolute atomic E-state index is 12.2. The Labute approximate surface area is 119 Å². The summed E-state index contributed by atoms with van der Waals surface area (Å²) in [5.41, 5.74) is 4.38. The summed E-state index contributed by atoms with van der Waals surface area (Å²) in [6.07, 6.45) is 0. The third-order valence-electron chi connectivity index (χ3n) is 3.13. The summed E-state index contributed by atoms with van der Waals surface area (Å²) in [5.74, 6) is 0.692. The molecule has 0 aromatic heterocycles. The second-order valence-corrected chi connectivity index (χ2v) is 5.81. The van der Waals surface area contributed by atoms with E-state index in [0.717, 1.165) is 11.1 Å². The molecule has 0 saturated carbocycles. The molecule has 0 spiro atoms. The van der Waals surface area contributed by atoms with E-state index in [0.29, 0.717) is 5.75 Å². The van der Waals surface area contributed by atoms with Gasteiger partial charge in [-0.25, -0.2) is 0 Å². The summed E-state index contributed by atoms with van der Waals surface area (Å²) in [7, 11) is 0. The van der Waals surface area contributed by atoms with Crippen molar-refractivity contribution in [3.8, 4) is 0 Å². The minimum Gasteiger partial charge on any atom is -0.293 e. The summed E-state index contributed by atoms with van der Waals surface area (Å²) in [4.78, 5) is 13.4. The Balaban J connectivity index is 2.07. The first-order valence-electron chi connectivity index (χ1n) is 6.37. The van der Waals surface area contributed by atoms with Gasteiger partial charge in [0.15, 0.2) is 5.78 Å². The van der Waals surface area contributed by atoms with Gasteiger partial charge in [-0.3, -0.25) is 4.79 Å². The molecule has 0 heterocycles. The maximum atomic E-state index is 12.2. The van der Waals surface area contributed by atoms with Gasteiger partial charge in [-0.2, -0.15) is 0 Å². The van der Waals surface area contributed by atoms with Crippen molar-refractivity contribution in [2.75, 3.05) is 5.75 Å². The molecule has 0 aliphatic rings.